The Kier molecular flexibility index (Phi) is 6.18. The van der Waals surface area contributed by atoms with E-state index in [1.165, 1.54) is 7.11 Å². The number of hydrogen-bond acceptors (Lipinski definition) is 4. The Bertz CT molecular complexity index is 392. The predicted molar refractivity (Wildman–Crippen MR) is 58.5 cm³/mol. The number of anilines is 1. The molecule has 0 aliphatic heterocycles. The predicted octanol–water partition coefficient (Wildman–Crippen LogP) is -0.234. The molecule has 0 aliphatic carbocycles. The van der Waals surface area contributed by atoms with Crippen molar-refractivity contribution in [2.24, 2.45) is 0 Å². The first kappa shape index (κ1) is 14.7. The van der Waals surface area contributed by atoms with E-state index in [0.29, 0.717) is 11.4 Å². The zero-order valence-electron chi connectivity index (χ0n) is 7.39. The van der Waals surface area contributed by atoms with Gasteiger partial charge in [-0.2, -0.15) is 8.42 Å². The first-order valence-corrected chi connectivity index (χ1v) is 5.09. The van der Waals surface area contributed by atoms with Crippen LogP contribution in [0, 0.1) is 0 Å². The fourth-order valence-corrected chi connectivity index (χ4v) is 1.04. The van der Waals surface area contributed by atoms with E-state index in [0.717, 1.165) is 0 Å². The van der Waals surface area contributed by atoms with E-state index in [-0.39, 0.29) is 29.6 Å². The quantitative estimate of drug-likeness (QED) is 0.385. The van der Waals surface area contributed by atoms with Crippen molar-refractivity contribution >= 4 is 45.5 Å². The van der Waals surface area contributed by atoms with E-state index in [9.17, 15) is 8.42 Å². The molecule has 0 saturated carbocycles. The van der Waals surface area contributed by atoms with E-state index in [1.807, 2.05) is 0 Å². The summed E-state index contributed by atoms with van der Waals surface area (Å²) in [6, 6.07) is 6.48. The first-order chi connectivity index (χ1) is 6.51. The van der Waals surface area contributed by atoms with Gasteiger partial charge in [-0.1, -0.05) is 0 Å². The fourth-order valence-electron chi connectivity index (χ4n) is 0.798. The molecule has 0 fully saturated rings. The standard InChI is InChI=1S/C7H10N2O4S.Na.H/c1-13-7-4-2-6(3-5-7)8-9-14(10,11)12;;/h2-5,8-9H,1H3,(H,10,11,12);;. The van der Waals surface area contributed by atoms with Gasteiger partial charge in [0.2, 0.25) is 0 Å². The van der Waals surface area contributed by atoms with Crippen LogP contribution in [0.4, 0.5) is 5.69 Å². The van der Waals surface area contributed by atoms with Gasteiger partial charge >= 0.3 is 39.9 Å². The molecule has 8 heteroatoms. The first-order valence-electron chi connectivity index (χ1n) is 3.65. The molecule has 3 N–H and O–H groups in total. The summed E-state index contributed by atoms with van der Waals surface area (Å²) in [4.78, 5) is 1.71. The number of ether oxygens (including phenoxy) is 1. The Morgan fingerprint density at radius 1 is 1.27 bits per heavy atom. The number of benzene rings is 1. The molecule has 15 heavy (non-hydrogen) atoms. The third kappa shape index (κ3) is 5.98. The maximum absolute atomic E-state index is 10.3. The third-order valence-corrected chi connectivity index (χ3v) is 1.77. The molecular weight excluding hydrogens is 231 g/mol. The molecule has 0 saturated heterocycles. The molecular formula is C7H11N2NaO4S. The third-order valence-electron chi connectivity index (χ3n) is 1.41. The second kappa shape index (κ2) is 6.31. The van der Waals surface area contributed by atoms with Gasteiger partial charge in [0.1, 0.15) is 5.75 Å². The number of hydrazine groups is 1. The number of hydrogen-bond donors (Lipinski definition) is 3. The molecule has 0 atom stereocenters. The summed E-state index contributed by atoms with van der Waals surface area (Å²) >= 11 is 0. The molecule has 0 amide bonds. The molecule has 0 aromatic heterocycles. The van der Waals surface area contributed by atoms with Crippen LogP contribution in [0.15, 0.2) is 24.3 Å². The van der Waals surface area contributed by atoms with Gasteiger partial charge in [0, 0.05) is 0 Å². The normalized spacial score (nSPS) is 10.3. The van der Waals surface area contributed by atoms with Crippen molar-refractivity contribution in [2.75, 3.05) is 12.5 Å². The SMILES string of the molecule is COc1ccc(NNS(=O)(=O)O)cc1.[NaH]. The van der Waals surface area contributed by atoms with Gasteiger partial charge in [0.25, 0.3) is 0 Å². The van der Waals surface area contributed by atoms with E-state index in [4.69, 9.17) is 9.29 Å². The van der Waals surface area contributed by atoms with Gasteiger partial charge in [-0.05, 0) is 24.3 Å². The summed E-state index contributed by atoms with van der Waals surface area (Å²) in [6.45, 7) is 0. The van der Waals surface area contributed by atoms with E-state index >= 15 is 0 Å². The molecule has 1 aromatic rings. The molecule has 0 spiro atoms. The summed E-state index contributed by atoms with van der Waals surface area (Å²) < 4.78 is 33.8. The van der Waals surface area contributed by atoms with Gasteiger partial charge in [-0.25, -0.2) is 0 Å². The topological polar surface area (TPSA) is 87.7 Å². The summed E-state index contributed by atoms with van der Waals surface area (Å²) in [5, 5.41) is 0. The van der Waals surface area contributed by atoms with Crippen LogP contribution in [0.2, 0.25) is 0 Å². The van der Waals surface area contributed by atoms with Crippen LogP contribution < -0.4 is 15.0 Å². The molecule has 0 heterocycles. The van der Waals surface area contributed by atoms with Gasteiger partial charge in [-0.15, -0.1) is 4.83 Å². The van der Waals surface area contributed by atoms with Crippen molar-refractivity contribution < 1.29 is 17.7 Å². The van der Waals surface area contributed by atoms with Gasteiger partial charge in [-0.3, -0.25) is 4.55 Å². The Morgan fingerprint density at radius 2 is 1.80 bits per heavy atom. The Morgan fingerprint density at radius 3 is 2.20 bits per heavy atom. The molecule has 6 nitrogen and oxygen atoms in total. The van der Waals surface area contributed by atoms with Crippen molar-refractivity contribution in [1.82, 2.24) is 4.83 Å². The molecule has 1 aromatic carbocycles. The van der Waals surface area contributed by atoms with Crippen LogP contribution >= 0.6 is 0 Å². The maximum atomic E-state index is 10.3. The molecule has 80 valence electrons. The van der Waals surface area contributed by atoms with Crippen LogP contribution in [0.3, 0.4) is 0 Å². The molecule has 1 rings (SSSR count). The second-order valence-electron chi connectivity index (χ2n) is 2.43. The minimum atomic E-state index is -4.23. The van der Waals surface area contributed by atoms with E-state index in [2.05, 4.69) is 5.43 Å². The second-order valence-corrected chi connectivity index (χ2v) is 3.58. The molecule has 0 radical (unpaired) electrons. The summed E-state index contributed by atoms with van der Waals surface area (Å²) in [5.41, 5.74) is 2.78. The van der Waals surface area contributed by atoms with Crippen LogP contribution in [0.5, 0.6) is 5.75 Å². The Hall–Kier alpha value is -0.310. The fraction of sp³-hybridized carbons (Fsp3) is 0.143. The van der Waals surface area contributed by atoms with Crippen LogP contribution in [-0.4, -0.2) is 49.6 Å². The van der Waals surface area contributed by atoms with Crippen molar-refractivity contribution in [3.05, 3.63) is 24.3 Å². The van der Waals surface area contributed by atoms with Crippen molar-refractivity contribution in [3.8, 4) is 5.75 Å². The number of rotatable bonds is 4. The van der Waals surface area contributed by atoms with Crippen LogP contribution in [-0.2, 0) is 10.3 Å². The summed E-state index contributed by atoms with van der Waals surface area (Å²) in [5.74, 6) is 0.655. The molecule has 0 bridgehead atoms. The van der Waals surface area contributed by atoms with Gasteiger partial charge < -0.3 is 10.2 Å². The van der Waals surface area contributed by atoms with Crippen molar-refractivity contribution in [2.45, 2.75) is 0 Å². The van der Waals surface area contributed by atoms with Gasteiger partial charge in [0.05, 0.1) is 12.8 Å². The number of nitrogens with one attached hydrogen (secondary N) is 2. The van der Waals surface area contributed by atoms with E-state index < -0.39 is 10.3 Å². The van der Waals surface area contributed by atoms with Crippen molar-refractivity contribution in [1.29, 1.82) is 0 Å². The van der Waals surface area contributed by atoms with Crippen LogP contribution in [0.1, 0.15) is 0 Å². The summed E-state index contributed by atoms with van der Waals surface area (Å²) in [6.07, 6.45) is 0. The zero-order valence-corrected chi connectivity index (χ0v) is 8.21. The monoisotopic (exact) mass is 242 g/mol. The van der Waals surface area contributed by atoms with Crippen LogP contribution in [0.25, 0.3) is 0 Å². The molecule has 0 unspecified atom stereocenters. The minimum absolute atomic E-state index is 0. The Labute approximate surface area is 110 Å². The average Bonchev–Trinajstić information content (AvgIpc) is 2.14. The van der Waals surface area contributed by atoms with E-state index in [1.54, 1.807) is 29.1 Å². The molecule has 0 aliphatic rings. The Balaban J connectivity index is 0.00000196. The summed E-state index contributed by atoms with van der Waals surface area (Å²) in [7, 11) is -2.70. The zero-order chi connectivity index (χ0) is 10.6. The number of methoxy groups -OCH3 is 1. The van der Waals surface area contributed by atoms with Crippen molar-refractivity contribution in [3.63, 3.8) is 0 Å². The van der Waals surface area contributed by atoms with Gasteiger partial charge in [0.15, 0.2) is 0 Å². The average molecular weight is 242 g/mol.